The lowest BCUT2D eigenvalue weighted by Gasteiger charge is -2.07. The number of ether oxygens (including phenoxy) is 1. The molecule has 1 aromatic rings. The molecule has 0 aromatic heterocycles. The third-order valence-corrected chi connectivity index (χ3v) is 2.22. The SMILES string of the molecule is COC(=O)c1c(F)cc(O[B]O)cc1Br. The van der Waals surface area contributed by atoms with Crippen molar-refractivity contribution in [3.05, 3.63) is 28.0 Å². The van der Waals surface area contributed by atoms with Gasteiger partial charge in [-0.25, -0.2) is 9.18 Å². The standard InChI is InChI=1S/C8H6BBrFO4/c1-14-8(12)7-5(10)2-4(15-9-13)3-6(7)11/h2-3,13H,1H3. The molecule has 0 bridgehead atoms. The summed E-state index contributed by atoms with van der Waals surface area (Å²) in [6.07, 6.45) is 0. The van der Waals surface area contributed by atoms with Crippen LogP contribution in [0, 0.1) is 5.82 Å². The largest absolute Gasteiger partial charge is 0.569 e. The first-order valence-corrected chi connectivity index (χ1v) is 4.59. The van der Waals surface area contributed by atoms with Gasteiger partial charge in [0.2, 0.25) is 0 Å². The van der Waals surface area contributed by atoms with Crippen LogP contribution >= 0.6 is 15.9 Å². The molecule has 4 nitrogen and oxygen atoms in total. The molecule has 79 valence electrons. The van der Waals surface area contributed by atoms with Gasteiger partial charge in [0.1, 0.15) is 17.1 Å². The number of carbonyl (C=O) groups is 1. The van der Waals surface area contributed by atoms with Crippen LogP contribution in [0.15, 0.2) is 16.6 Å². The number of halogens is 2. The minimum atomic E-state index is -0.798. The van der Waals surface area contributed by atoms with Crippen molar-refractivity contribution in [2.24, 2.45) is 0 Å². The zero-order chi connectivity index (χ0) is 11.4. The van der Waals surface area contributed by atoms with Crippen LogP contribution in [-0.2, 0) is 4.74 Å². The molecule has 1 N–H and O–H groups in total. The molecule has 0 unspecified atom stereocenters. The summed E-state index contributed by atoms with van der Waals surface area (Å²) in [5, 5.41) is 8.35. The average Bonchev–Trinajstić information content (AvgIpc) is 2.16. The maximum Gasteiger partial charge on any atom is 0.569 e. The second-order valence-electron chi connectivity index (χ2n) is 2.48. The number of carbonyl (C=O) groups excluding carboxylic acids is 1. The normalized spacial score (nSPS) is 9.60. The second-order valence-corrected chi connectivity index (χ2v) is 3.33. The first-order chi connectivity index (χ1) is 7.10. The summed E-state index contributed by atoms with van der Waals surface area (Å²) in [6, 6.07) is 2.30. The van der Waals surface area contributed by atoms with Crippen LogP contribution in [0.4, 0.5) is 4.39 Å². The van der Waals surface area contributed by atoms with Gasteiger partial charge in [0, 0.05) is 10.5 Å². The van der Waals surface area contributed by atoms with Crippen LogP contribution in [0.2, 0.25) is 0 Å². The van der Waals surface area contributed by atoms with Gasteiger partial charge in [0.25, 0.3) is 0 Å². The third-order valence-electron chi connectivity index (χ3n) is 1.59. The Morgan fingerprint density at radius 1 is 1.60 bits per heavy atom. The predicted octanol–water partition coefficient (Wildman–Crippen LogP) is 1.28. The Kier molecular flexibility index (Phi) is 4.10. The number of esters is 1. The highest BCUT2D eigenvalue weighted by Gasteiger charge is 2.17. The summed E-state index contributed by atoms with van der Waals surface area (Å²) >= 11 is 2.99. The summed E-state index contributed by atoms with van der Waals surface area (Å²) in [4.78, 5) is 11.1. The van der Waals surface area contributed by atoms with Crippen LogP contribution < -0.4 is 4.65 Å². The summed E-state index contributed by atoms with van der Waals surface area (Å²) in [5.74, 6) is -1.53. The Balaban J connectivity index is 3.15. The maximum atomic E-state index is 13.4. The van der Waals surface area contributed by atoms with E-state index in [9.17, 15) is 9.18 Å². The summed E-state index contributed by atoms with van der Waals surface area (Å²) < 4.78 is 22.5. The Morgan fingerprint density at radius 2 is 2.27 bits per heavy atom. The summed E-state index contributed by atoms with van der Waals surface area (Å²) in [6.45, 7) is 0. The molecule has 0 saturated heterocycles. The highest BCUT2D eigenvalue weighted by atomic mass is 79.9. The van der Waals surface area contributed by atoms with E-state index in [1.165, 1.54) is 6.07 Å². The van der Waals surface area contributed by atoms with Gasteiger partial charge in [-0.15, -0.1) is 0 Å². The molecule has 0 atom stereocenters. The van der Waals surface area contributed by atoms with E-state index in [1.54, 1.807) is 0 Å². The first-order valence-electron chi connectivity index (χ1n) is 3.80. The van der Waals surface area contributed by atoms with Crippen molar-refractivity contribution in [2.45, 2.75) is 0 Å². The first kappa shape index (κ1) is 12.0. The van der Waals surface area contributed by atoms with Gasteiger partial charge >= 0.3 is 13.7 Å². The molecule has 1 rings (SSSR count). The fraction of sp³-hybridized carbons (Fsp3) is 0.125. The second kappa shape index (κ2) is 5.13. The Morgan fingerprint density at radius 3 is 2.73 bits per heavy atom. The van der Waals surface area contributed by atoms with Crippen LogP contribution in [0.25, 0.3) is 0 Å². The molecule has 1 aromatic carbocycles. The number of rotatable bonds is 3. The third kappa shape index (κ3) is 2.70. The van der Waals surface area contributed by atoms with Crippen molar-refractivity contribution in [3.8, 4) is 5.75 Å². The van der Waals surface area contributed by atoms with Gasteiger partial charge in [-0.05, 0) is 22.0 Å². The van der Waals surface area contributed by atoms with Crippen molar-refractivity contribution in [3.63, 3.8) is 0 Å². The van der Waals surface area contributed by atoms with Crippen molar-refractivity contribution in [1.82, 2.24) is 0 Å². The lowest BCUT2D eigenvalue weighted by atomic mass is 10.2. The number of methoxy groups -OCH3 is 1. The van der Waals surface area contributed by atoms with Crippen LogP contribution in [0.5, 0.6) is 5.75 Å². The minimum absolute atomic E-state index is 0.0644. The predicted molar refractivity (Wildman–Crippen MR) is 54.0 cm³/mol. The molecule has 15 heavy (non-hydrogen) atoms. The fourth-order valence-electron chi connectivity index (χ4n) is 0.976. The number of benzene rings is 1. The zero-order valence-electron chi connectivity index (χ0n) is 7.66. The molecule has 0 aliphatic rings. The Hall–Kier alpha value is -1.08. The van der Waals surface area contributed by atoms with Gasteiger partial charge in [-0.3, -0.25) is 0 Å². The minimum Gasteiger partial charge on any atom is -0.537 e. The quantitative estimate of drug-likeness (QED) is 0.667. The monoisotopic (exact) mass is 275 g/mol. The van der Waals surface area contributed by atoms with Crippen LogP contribution in [0.1, 0.15) is 10.4 Å². The summed E-state index contributed by atoms with van der Waals surface area (Å²) in [5.41, 5.74) is -0.220. The smallest absolute Gasteiger partial charge is 0.537 e. The molecule has 0 aliphatic carbocycles. The van der Waals surface area contributed by atoms with Crippen LogP contribution in [-0.4, -0.2) is 25.8 Å². The van der Waals surface area contributed by atoms with Gasteiger partial charge < -0.3 is 14.4 Å². The Labute approximate surface area is 94.4 Å². The molecular formula is C8H6BBrFO4. The van der Waals surface area contributed by atoms with E-state index >= 15 is 0 Å². The molecule has 1 radical (unpaired) electrons. The lowest BCUT2D eigenvalue weighted by molar-refractivity contribution is 0.0594. The van der Waals surface area contributed by atoms with E-state index < -0.39 is 11.8 Å². The van der Waals surface area contributed by atoms with E-state index in [0.29, 0.717) is 7.69 Å². The molecule has 0 spiro atoms. The Bertz CT molecular complexity index is 362. The summed E-state index contributed by atoms with van der Waals surface area (Å²) in [7, 11) is 1.57. The molecule has 0 saturated carbocycles. The highest BCUT2D eigenvalue weighted by Crippen LogP contribution is 2.26. The molecule has 0 heterocycles. The average molecular weight is 276 g/mol. The van der Waals surface area contributed by atoms with E-state index in [0.717, 1.165) is 13.2 Å². The van der Waals surface area contributed by atoms with Crippen molar-refractivity contribution < 1.29 is 23.6 Å². The van der Waals surface area contributed by atoms with Gasteiger partial charge in [-0.1, -0.05) is 0 Å². The van der Waals surface area contributed by atoms with E-state index in [1.807, 2.05) is 0 Å². The topological polar surface area (TPSA) is 55.8 Å². The molecular weight excluding hydrogens is 270 g/mol. The van der Waals surface area contributed by atoms with Crippen molar-refractivity contribution >= 4 is 29.6 Å². The molecule has 0 aliphatic heterocycles. The fourth-order valence-corrected chi connectivity index (χ4v) is 1.55. The van der Waals surface area contributed by atoms with Gasteiger partial charge in [-0.2, -0.15) is 0 Å². The van der Waals surface area contributed by atoms with Gasteiger partial charge in [0.05, 0.1) is 7.11 Å². The van der Waals surface area contributed by atoms with Crippen molar-refractivity contribution in [1.29, 1.82) is 0 Å². The molecule has 0 fully saturated rings. The highest BCUT2D eigenvalue weighted by molar-refractivity contribution is 9.10. The molecule has 0 amide bonds. The zero-order valence-corrected chi connectivity index (χ0v) is 9.25. The number of hydrogen-bond acceptors (Lipinski definition) is 4. The lowest BCUT2D eigenvalue weighted by Crippen LogP contribution is -2.07. The maximum absolute atomic E-state index is 13.4. The van der Waals surface area contributed by atoms with Crippen molar-refractivity contribution in [2.75, 3.05) is 7.11 Å². The molecule has 7 heteroatoms. The van der Waals surface area contributed by atoms with E-state index in [4.69, 9.17) is 5.02 Å². The van der Waals surface area contributed by atoms with Gasteiger partial charge in [0.15, 0.2) is 0 Å². The van der Waals surface area contributed by atoms with E-state index in [2.05, 4.69) is 25.3 Å². The van der Waals surface area contributed by atoms with Crippen LogP contribution in [0.3, 0.4) is 0 Å². The van der Waals surface area contributed by atoms with E-state index in [-0.39, 0.29) is 15.8 Å². The number of hydrogen-bond donors (Lipinski definition) is 1.